The predicted octanol–water partition coefficient (Wildman–Crippen LogP) is 4.08. The predicted molar refractivity (Wildman–Crippen MR) is 92.5 cm³/mol. The van der Waals surface area contributed by atoms with E-state index in [2.05, 4.69) is 5.32 Å². The number of rotatable bonds is 6. The Kier molecular flexibility index (Phi) is 6.61. The van der Waals surface area contributed by atoms with Gasteiger partial charge >= 0.3 is 5.97 Å². The van der Waals surface area contributed by atoms with Crippen LogP contribution in [0.25, 0.3) is 0 Å². The molecule has 1 N–H and O–H groups in total. The quantitative estimate of drug-likeness (QED) is 0.760. The number of carbonyl (C=O) groups is 2. The van der Waals surface area contributed by atoms with Gasteiger partial charge < -0.3 is 14.8 Å². The molecule has 8 heteroatoms. The van der Waals surface area contributed by atoms with Crippen LogP contribution in [0.4, 0.5) is 10.1 Å². The van der Waals surface area contributed by atoms with Gasteiger partial charge in [-0.25, -0.2) is 9.18 Å². The summed E-state index contributed by atoms with van der Waals surface area (Å²) in [4.78, 5) is 23.6. The van der Waals surface area contributed by atoms with E-state index in [-0.39, 0.29) is 10.7 Å². The van der Waals surface area contributed by atoms with Gasteiger partial charge in [-0.15, -0.1) is 0 Å². The summed E-state index contributed by atoms with van der Waals surface area (Å²) in [5.74, 6) is -1.66. The first-order valence-electron chi connectivity index (χ1n) is 7.19. The van der Waals surface area contributed by atoms with Gasteiger partial charge in [-0.3, -0.25) is 4.79 Å². The normalized spacial score (nSPS) is 11.5. The third-order valence-corrected chi connectivity index (χ3v) is 3.49. The number of hydrogen-bond acceptors (Lipinski definition) is 4. The van der Waals surface area contributed by atoms with Gasteiger partial charge in [0.05, 0.1) is 5.69 Å². The Balaban J connectivity index is 1.83. The van der Waals surface area contributed by atoms with E-state index >= 15 is 0 Å². The molecule has 132 valence electrons. The van der Waals surface area contributed by atoms with Crippen molar-refractivity contribution in [2.45, 2.75) is 13.0 Å². The molecular weight excluding hydrogens is 372 g/mol. The molecule has 5 nitrogen and oxygen atoms in total. The second kappa shape index (κ2) is 8.69. The van der Waals surface area contributed by atoms with Gasteiger partial charge in [-0.1, -0.05) is 23.2 Å². The fourth-order valence-corrected chi connectivity index (χ4v) is 2.10. The highest BCUT2D eigenvalue weighted by atomic mass is 35.5. The van der Waals surface area contributed by atoms with Crippen LogP contribution in [-0.4, -0.2) is 24.6 Å². The first-order chi connectivity index (χ1) is 11.8. The Morgan fingerprint density at radius 2 is 1.76 bits per heavy atom. The number of amides is 1. The molecule has 0 spiro atoms. The molecule has 2 aromatic rings. The SMILES string of the molecule is C[C@@H](Oc1ccc(Cl)cc1)C(=O)OCC(=O)Nc1cc(Cl)ccc1F. The number of benzene rings is 2. The van der Waals surface area contributed by atoms with Gasteiger partial charge in [0.2, 0.25) is 0 Å². The fourth-order valence-electron chi connectivity index (χ4n) is 1.80. The Morgan fingerprint density at radius 1 is 1.12 bits per heavy atom. The van der Waals surface area contributed by atoms with E-state index in [9.17, 15) is 14.0 Å². The maximum Gasteiger partial charge on any atom is 0.347 e. The monoisotopic (exact) mass is 385 g/mol. The highest BCUT2D eigenvalue weighted by Gasteiger charge is 2.18. The van der Waals surface area contributed by atoms with Crippen molar-refractivity contribution < 1.29 is 23.5 Å². The minimum absolute atomic E-state index is 0.0981. The molecule has 0 saturated heterocycles. The first kappa shape index (κ1) is 19.0. The Morgan fingerprint density at radius 3 is 2.44 bits per heavy atom. The van der Waals surface area contributed by atoms with Crippen LogP contribution in [0.15, 0.2) is 42.5 Å². The smallest absolute Gasteiger partial charge is 0.347 e. The van der Waals surface area contributed by atoms with Gasteiger partial charge in [0.1, 0.15) is 11.6 Å². The maximum atomic E-state index is 13.5. The minimum Gasteiger partial charge on any atom is -0.479 e. The number of carbonyl (C=O) groups excluding carboxylic acids is 2. The van der Waals surface area contributed by atoms with Gasteiger partial charge in [-0.05, 0) is 49.4 Å². The van der Waals surface area contributed by atoms with E-state index in [0.717, 1.165) is 6.07 Å². The summed E-state index contributed by atoms with van der Waals surface area (Å²) in [6, 6.07) is 10.1. The molecule has 2 rings (SSSR count). The van der Waals surface area contributed by atoms with Gasteiger partial charge in [0, 0.05) is 10.0 Å². The lowest BCUT2D eigenvalue weighted by Crippen LogP contribution is -2.29. The van der Waals surface area contributed by atoms with Crippen molar-refractivity contribution in [3.63, 3.8) is 0 Å². The third kappa shape index (κ3) is 5.92. The molecule has 0 aromatic heterocycles. The van der Waals surface area contributed by atoms with E-state index in [0.29, 0.717) is 10.8 Å². The number of esters is 1. The van der Waals surface area contributed by atoms with Crippen molar-refractivity contribution in [2.75, 3.05) is 11.9 Å². The number of ether oxygens (including phenoxy) is 2. The lowest BCUT2D eigenvalue weighted by atomic mass is 10.3. The van der Waals surface area contributed by atoms with Crippen LogP contribution in [0.5, 0.6) is 5.75 Å². The van der Waals surface area contributed by atoms with Crippen LogP contribution < -0.4 is 10.1 Å². The minimum atomic E-state index is -0.933. The lowest BCUT2D eigenvalue weighted by Gasteiger charge is -2.14. The van der Waals surface area contributed by atoms with Crippen LogP contribution in [0.3, 0.4) is 0 Å². The molecule has 1 atom stereocenters. The molecule has 1 amide bonds. The molecule has 2 aromatic carbocycles. The molecule has 0 radical (unpaired) electrons. The molecule has 0 saturated carbocycles. The molecule has 25 heavy (non-hydrogen) atoms. The Hall–Kier alpha value is -2.31. The van der Waals surface area contributed by atoms with Crippen LogP contribution in [-0.2, 0) is 14.3 Å². The first-order valence-corrected chi connectivity index (χ1v) is 7.94. The molecule has 0 aliphatic heterocycles. The zero-order valence-corrected chi connectivity index (χ0v) is 14.6. The van der Waals surface area contributed by atoms with Crippen LogP contribution >= 0.6 is 23.2 Å². The van der Waals surface area contributed by atoms with E-state index < -0.39 is 30.4 Å². The zero-order chi connectivity index (χ0) is 18.4. The highest BCUT2D eigenvalue weighted by Crippen LogP contribution is 2.19. The molecule has 0 aliphatic rings. The molecule has 0 bridgehead atoms. The number of halogens is 3. The lowest BCUT2D eigenvalue weighted by molar-refractivity contribution is -0.153. The third-order valence-electron chi connectivity index (χ3n) is 3.01. The standard InChI is InChI=1S/C17H14Cl2FNO4/c1-10(25-13-5-2-11(18)3-6-13)17(23)24-9-16(22)21-15-8-12(19)4-7-14(15)20/h2-8,10H,9H2,1H3,(H,21,22)/t10-/m1/s1. The summed E-state index contributed by atoms with van der Waals surface area (Å²) in [5, 5.41) is 3.07. The fraction of sp³-hybridized carbons (Fsp3) is 0.176. The summed E-state index contributed by atoms with van der Waals surface area (Å²) in [5.41, 5.74) is -0.0981. The Bertz CT molecular complexity index is 768. The van der Waals surface area contributed by atoms with Gasteiger partial charge in [-0.2, -0.15) is 0 Å². The molecule has 0 heterocycles. The largest absolute Gasteiger partial charge is 0.479 e. The van der Waals surface area contributed by atoms with Crippen molar-refractivity contribution >= 4 is 40.8 Å². The topological polar surface area (TPSA) is 64.6 Å². The van der Waals surface area contributed by atoms with Crippen molar-refractivity contribution in [3.8, 4) is 5.75 Å². The van der Waals surface area contributed by atoms with E-state index in [1.54, 1.807) is 24.3 Å². The van der Waals surface area contributed by atoms with Crippen LogP contribution in [0.2, 0.25) is 10.0 Å². The van der Waals surface area contributed by atoms with Crippen LogP contribution in [0.1, 0.15) is 6.92 Å². The van der Waals surface area contributed by atoms with Crippen molar-refractivity contribution in [3.05, 3.63) is 58.3 Å². The maximum absolute atomic E-state index is 13.5. The number of nitrogens with one attached hydrogen (secondary N) is 1. The molecule has 0 unspecified atom stereocenters. The molecule has 0 fully saturated rings. The highest BCUT2D eigenvalue weighted by molar-refractivity contribution is 6.31. The average molecular weight is 386 g/mol. The van der Waals surface area contributed by atoms with E-state index in [4.69, 9.17) is 32.7 Å². The zero-order valence-electron chi connectivity index (χ0n) is 13.1. The van der Waals surface area contributed by atoms with Crippen molar-refractivity contribution in [2.24, 2.45) is 0 Å². The van der Waals surface area contributed by atoms with Gasteiger partial charge in [0.25, 0.3) is 5.91 Å². The van der Waals surface area contributed by atoms with Crippen molar-refractivity contribution in [1.29, 1.82) is 0 Å². The number of anilines is 1. The molecular formula is C17H14Cl2FNO4. The second-order valence-corrected chi connectivity index (χ2v) is 5.87. The summed E-state index contributed by atoms with van der Waals surface area (Å²) < 4.78 is 23.7. The second-order valence-electron chi connectivity index (χ2n) is 4.99. The average Bonchev–Trinajstić information content (AvgIpc) is 2.58. The van der Waals surface area contributed by atoms with Crippen molar-refractivity contribution in [1.82, 2.24) is 0 Å². The summed E-state index contributed by atoms with van der Waals surface area (Å²) in [6.45, 7) is 0.893. The van der Waals surface area contributed by atoms with Gasteiger partial charge in [0.15, 0.2) is 12.7 Å². The summed E-state index contributed by atoms with van der Waals surface area (Å²) in [6.07, 6.45) is -0.933. The summed E-state index contributed by atoms with van der Waals surface area (Å²) in [7, 11) is 0. The van der Waals surface area contributed by atoms with Crippen LogP contribution in [0, 0.1) is 5.82 Å². The number of hydrogen-bond donors (Lipinski definition) is 1. The van der Waals surface area contributed by atoms with E-state index in [1.165, 1.54) is 19.1 Å². The molecule has 0 aliphatic carbocycles. The Labute approximate surface area is 153 Å². The summed E-state index contributed by atoms with van der Waals surface area (Å²) >= 11 is 11.5. The van der Waals surface area contributed by atoms with E-state index in [1.807, 2.05) is 0 Å².